The van der Waals surface area contributed by atoms with Crippen molar-refractivity contribution < 1.29 is 19.1 Å². The Hall–Kier alpha value is -3.81. The third-order valence-corrected chi connectivity index (χ3v) is 4.79. The second-order valence-corrected chi connectivity index (χ2v) is 6.87. The second kappa shape index (κ2) is 8.69. The summed E-state index contributed by atoms with van der Waals surface area (Å²) >= 11 is 0. The zero-order chi connectivity index (χ0) is 20.9. The highest BCUT2D eigenvalue weighted by Crippen LogP contribution is 2.36. The van der Waals surface area contributed by atoms with E-state index >= 15 is 0 Å². The first-order valence-corrected chi connectivity index (χ1v) is 9.67. The Morgan fingerprint density at radius 2 is 1.93 bits per heavy atom. The molecule has 1 aliphatic heterocycles. The average Bonchev–Trinajstić information content (AvgIpc) is 3.42. The van der Waals surface area contributed by atoms with E-state index in [0.29, 0.717) is 36.4 Å². The van der Waals surface area contributed by atoms with Crippen LogP contribution in [-0.2, 0) is 11.3 Å². The average molecular weight is 406 g/mol. The molecule has 0 radical (unpaired) electrons. The molecule has 4 rings (SSSR count). The van der Waals surface area contributed by atoms with Gasteiger partial charge in [0.15, 0.2) is 11.5 Å². The van der Waals surface area contributed by atoms with Gasteiger partial charge in [-0.3, -0.25) is 14.3 Å². The highest BCUT2D eigenvalue weighted by atomic mass is 16.7. The van der Waals surface area contributed by atoms with Crippen molar-refractivity contribution >= 4 is 17.5 Å². The van der Waals surface area contributed by atoms with Crippen molar-refractivity contribution in [3.05, 3.63) is 60.4 Å². The molecule has 0 spiro atoms. The number of amides is 2. The van der Waals surface area contributed by atoms with E-state index in [2.05, 4.69) is 15.7 Å². The lowest BCUT2D eigenvalue weighted by atomic mass is 10.0. The minimum absolute atomic E-state index is 0.00183. The van der Waals surface area contributed by atoms with Gasteiger partial charge < -0.3 is 20.1 Å². The fourth-order valence-electron chi connectivity index (χ4n) is 3.20. The molecule has 2 amide bonds. The molecule has 0 bridgehead atoms. The van der Waals surface area contributed by atoms with Crippen LogP contribution in [0.4, 0.5) is 5.69 Å². The van der Waals surface area contributed by atoms with Gasteiger partial charge in [-0.1, -0.05) is 18.2 Å². The normalized spacial score (nSPS) is 11.9. The minimum Gasteiger partial charge on any atom is -0.454 e. The van der Waals surface area contributed by atoms with Crippen LogP contribution >= 0.6 is 0 Å². The summed E-state index contributed by atoms with van der Waals surface area (Å²) in [7, 11) is 1.62. The molecule has 0 fully saturated rings. The molecule has 1 aromatic heterocycles. The zero-order valence-corrected chi connectivity index (χ0v) is 16.6. The number of nitrogens with zero attached hydrogens (tertiary/aromatic N) is 2. The first-order valence-electron chi connectivity index (χ1n) is 9.67. The molecule has 3 aromatic rings. The van der Waals surface area contributed by atoms with Crippen LogP contribution in [0.3, 0.4) is 0 Å². The number of nitrogens with one attached hydrogen (secondary N) is 2. The van der Waals surface area contributed by atoms with Crippen molar-refractivity contribution in [2.24, 2.45) is 0 Å². The van der Waals surface area contributed by atoms with Gasteiger partial charge in [-0.15, -0.1) is 0 Å². The van der Waals surface area contributed by atoms with E-state index in [1.165, 1.54) is 0 Å². The van der Waals surface area contributed by atoms with Gasteiger partial charge in [0.05, 0.1) is 11.9 Å². The fourth-order valence-corrected chi connectivity index (χ4v) is 3.20. The molecular formula is C22H22N4O4. The number of benzene rings is 2. The maximum Gasteiger partial charge on any atom is 0.255 e. The number of carbonyl (C=O) groups is 2. The van der Waals surface area contributed by atoms with E-state index in [1.807, 2.05) is 36.4 Å². The fraction of sp³-hybridized carbons (Fsp3) is 0.227. The van der Waals surface area contributed by atoms with Gasteiger partial charge in [0.25, 0.3) is 5.91 Å². The lowest BCUT2D eigenvalue weighted by molar-refractivity contribution is -0.120. The highest BCUT2D eigenvalue weighted by molar-refractivity contribution is 6.04. The van der Waals surface area contributed by atoms with Gasteiger partial charge in [0.2, 0.25) is 12.7 Å². The monoisotopic (exact) mass is 406 g/mol. The summed E-state index contributed by atoms with van der Waals surface area (Å²) in [5.74, 6) is 1.20. The summed E-state index contributed by atoms with van der Waals surface area (Å²) in [4.78, 5) is 24.0. The van der Waals surface area contributed by atoms with Crippen LogP contribution < -0.4 is 20.1 Å². The van der Waals surface area contributed by atoms with Crippen LogP contribution in [0.15, 0.2) is 54.9 Å². The molecule has 2 aromatic carbocycles. The Kier molecular flexibility index (Phi) is 5.65. The van der Waals surface area contributed by atoms with E-state index in [4.69, 9.17) is 9.47 Å². The third-order valence-electron chi connectivity index (χ3n) is 4.79. The predicted octanol–water partition coefficient (Wildman–Crippen LogP) is 3.06. The first-order chi connectivity index (χ1) is 14.6. The number of aryl methyl sites for hydroxylation is 1. The van der Waals surface area contributed by atoms with Gasteiger partial charge >= 0.3 is 0 Å². The predicted molar refractivity (Wildman–Crippen MR) is 111 cm³/mol. The van der Waals surface area contributed by atoms with E-state index in [0.717, 1.165) is 16.9 Å². The summed E-state index contributed by atoms with van der Waals surface area (Å²) in [6, 6.07) is 13.1. The van der Waals surface area contributed by atoms with E-state index in [9.17, 15) is 9.59 Å². The standard InChI is InChI=1S/C22H22N4O4/c1-23-21(27)6-3-9-26-13-18(12-24-26)25-22(28)17-5-2-4-15(10-17)16-7-8-19-20(11-16)30-14-29-19/h2,4-5,7-8,10-13H,3,6,9,14H2,1H3,(H,23,27)(H,25,28). The summed E-state index contributed by atoms with van der Waals surface area (Å²) < 4.78 is 12.5. The molecule has 0 saturated heterocycles. The smallest absolute Gasteiger partial charge is 0.255 e. The number of carbonyl (C=O) groups excluding carboxylic acids is 2. The maximum atomic E-state index is 12.7. The number of rotatable bonds is 7. The van der Waals surface area contributed by atoms with Gasteiger partial charge in [0.1, 0.15) is 0 Å². The highest BCUT2D eigenvalue weighted by Gasteiger charge is 2.15. The van der Waals surface area contributed by atoms with Gasteiger partial charge in [-0.25, -0.2) is 0 Å². The number of anilines is 1. The third kappa shape index (κ3) is 4.43. The number of fused-ring (bicyclic) bond motifs is 1. The number of aromatic nitrogens is 2. The summed E-state index contributed by atoms with van der Waals surface area (Å²) in [5.41, 5.74) is 3.00. The summed E-state index contributed by atoms with van der Waals surface area (Å²) in [6.45, 7) is 0.823. The van der Waals surface area contributed by atoms with Crippen molar-refractivity contribution in [3.63, 3.8) is 0 Å². The largest absolute Gasteiger partial charge is 0.454 e. The Labute approximate surface area is 173 Å². The SMILES string of the molecule is CNC(=O)CCCn1cc(NC(=O)c2cccc(-c3ccc4c(c3)OCO4)c2)cn1. The van der Waals surface area contributed by atoms with Crippen molar-refractivity contribution in [1.29, 1.82) is 0 Å². The van der Waals surface area contributed by atoms with Crippen LogP contribution in [-0.4, -0.2) is 35.4 Å². The lowest BCUT2D eigenvalue weighted by Crippen LogP contribution is -2.17. The van der Waals surface area contributed by atoms with E-state index in [1.54, 1.807) is 30.2 Å². The van der Waals surface area contributed by atoms with E-state index < -0.39 is 0 Å². The van der Waals surface area contributed by atoms with Crippen LogP contribution in [0.2, 0.25) is 0 Å². The summed E-state index contributed by atoms with van der Waals surface area (Å²) in [5, 5.41) is 9.68. The Morgan fingerprint density at radius 1 is 1.10 bits per heavy atom. The van der Waals surface area contributed by atoms with Crippen LogP contribution in [0.1, 0.15) is 23.2 Å². The van der Waals surface area contributed by atoms with Gasteiger partial charge in [0, 0.05) is 31.8 Å². The Morgan fingerprint density at radius 3 is 2.80 bits per heavy atom. The molecule has 8 heteroatoms. The first kappa shape index (κ1) is 19.5. The van der Waals surface area contributed by atoms with Gasteiger partial charge in [-0.05, 0) is 41.8 Å². The summed E-state index contributed by atoms with van der Waals surface area (Å²) in [6.07, 6.45) is 4.46. The number of ether oxygens (including phenoxy) is 2. The Bertz CT molecular complexity index is 1080. The Balaban J connectivity index is 1.41. The molecule has 0 atom stereocenters. The van der Waals surface area contributed by atoms with Crippen LogP contribution in [0, 0.1) is 0 Å². The topological polar surface area (TPSA) is 94.5 Å². The second-order valence-electron chi connectivity index (χ2n) is 6.87. The van der Waals surface area contributed by atoms with E-state index in [-0.39, 0.29) is 18.6 Å². The van der Waals surface area contributed by atoms with Gasteiger partial charge in [-0.2, -0.15) is 5.10 Å². The van der Waals surface area contributed by atoms with Crippen molar-refractivity contribution in [2.75, 3.05) is 19.2 Å². The number of hydrogen-bond acceptors (Lipinski definition) is 5. The zero-order valence-electron chi connectivity index (χ0n) is 16.6. The molecule has 1 aliphatic rings. The number of hydrogen-bond donors (Lipinski definition) is 2. The van der Waals surface area contributed by atoms with Crippen LogP contribution in [0.25, 0.3) is 11.1 Å². The molecule has 0 aliphatic carbocycles. The van der Waals surface area contributed by atoms with Crippen molar-refractivity contribution in [1.82, 2.24) is 15.1 Å². The minimum atomic E-state index is -0.220. The molecule has 2 N–H and O–H groups in total. The molecule has 0 unspecified atom stereocenters. The van der Waals surface area contributed by atoms with Crippen molar-refractivity contribution in [2.45, 2.75) is 19.4 Å². The molecular weight excluding hydrogens is 384 g/mol. The lowest BCUT2D eigenvalue weighted by Gasteiger charge is -2.07. The molecule has 30 heavy (non-hydrogen) atoms. The molecule has 2 heterocycles. The quantitative estimate of drug-likeness (QED) is 0.629. The molecule has 8 nitrogen and oxygen atoms in total. The van der Waals surface area contributed by atoms with Crippen LogP contribution in [0.5, 0.6) is 11.5 Å². The molecule has 154 valence electrons. The maximum absolute atomic E-state index is 12.7. The molecule has 0 saturated carbocycles. The van der Waals surface area contributed by atoms with Crippen molar-refractivity contribution in [3.8, 4) is 22.6 Å².